The van der Waals surface area contributed by atoms with E-state index >= 15 is 0 Å². The van der Waals surface area contributed by atoms with Crippen LogP contribution in [0.15, 0.2) is 36.7 Å². The summed E-state index contributed by atoms with van der Waals surface area (Å²) >= 11 is 0. The van der Waals surface area contributed by atoms with E-state index in [4.69, 9.17) is 0 Å². The molecule has 1 aromatic heterocycles. The van der Waals surface area contributed by atoms with Gasteiger partial charge >= 0.3 is 0 Å². The van der Waals surface area contributed by atoms with E-state index < -0.39 is 16.6 Å². The molecular weight excluding hydrogens is 265 g/mol. The van der Waals surface area contributed by atoms with Crippen molar-refractivity contribution in [2.75, 3.05) is 5.32 Å². The van der Waals surface area contributed by atoms with E-state index in [1.54, 1.807) is 6.92 Å². The Hall–Kier alpha value is -2.83. The van der Waals surface area contributed by atoms with Crippen molar-refractivity contribution in [1.29, 1.82) is 0 Å². The van der Waals surface area contributed by atoms with E-state index in [-0.39, 0.29) is 16.9 Å². The molecule has 1 amide bonds. The van der Waals surface area contributed by atoms with E-state index in [1.165, 1.54) is 30.5 Å². The van der Waals surface area contributed by atoms with Gasteiger partial charge in [-0.05, 0) is 18.6 Å². The Morgan fingerprint density at radius 3 is 2.80 bits per heavy atom. The molecule has 0 aliphatic rings. The molecule has 2 aromatic rings. The number of carbonyl (C=O) groups excluding carboxylic acids is 1. The van der Waals surface area contributed by atoms with Gasteiger partial charge in [-0.15, -0.1) is 0 Å². The number of amides is 1. The number of nitrogens with zero attached hydrogens (tertiary/aromatic N) is 2. The summed E-state index contributed by atoms with van der Waals surface area (Å²) in [6, 6.07) is 5.30. The van der Waals surface area contributed by atoms with Gasteiger partial charge in [0.2, 0.25) is 0 Å². The third kappa shape index (κ3) is 2.77. The van der Waals surface area contributed by atoms with E-state index in [2.05, 4.69) is 10.3 Å². The van der Waals surface area contributed by atoms with Gasteiger partial charge in [-0.1, -0.05) is 6.07 Å². The van der Waals surface area contributed by atoms with Crippen LogP contribution in [0, 0.1) is 22.9 Å². The van der Waals surface area contributed by atoms with Crippen molar-refractivity contribution in [3.8, 4) is 0 Å². The highest BCUT2D eigenvalue weighted by molar-refractivity contribution is 6.04. The van der Waals surface area contributed by atoms with Gasteiger partial charge in [0.15, 0.2) is 5.82 Å². The number of nitro groups is 1. The van der Waals surface area contributed by atoms with Crippen molar-refractivity contribution in [2.45, 2.75) is 6.92 Å². The van der Waals surface area contributed by atoms with E-state index in [1.807, 2.05) is 0 Å². The molecule has 0 spiro atoms. The summed E-state index contributed by atoms with van der Waals surface area (Å²) in [7, 11) is 0. The Labute approximate surface area is 113 Å². The lowest BCUT2D eigenvalue weighted by atomic mass is 10.1. The van der Waals surface area contributed by atoms with Crippen molar-refractivity contribution in [3.63, 3.8) is 0 Å². The summed E-state index contributed by atoms with van der Waals surface area (Å²) in [5.41, 5.74) is 0.575. The number of nitrogens with one attached hydrogen (secondary N) is 1. The normalized spacial score (nSPS) is 10.1. The average molecular weight is 275 g/mol. The zero-order chi connectivity index (χ0) is 14.7. The van der Waals surface area contributed by atoms with Gasteiger partial charge in [-0.25, -0.2) is 4.39 Å². The SMILES string of the molecule is Cc1ccc([N+](=O)[O-])cc1NC(=O)c1ccncc1F. The van der Waals surface area contributed by atoms with E-state index in [9.17, 15) is 19.3 Å². The number of aryl methyl sites for hydroxylation is 1. The summed E-state index contributed by atoms with van der Waals surface area (Å²) in [5, 5.41) is 13.2. The van der Waals surface area contributed by atoms with E-state index in [0.29, 0.717) is 5.56 Å². The molecule has 6 nitrogen and oxygen atoms in total. The molecule has 0 aliphatic heterocycles. The number of hydrogen-bond acceptors (Lipinski definition) is 4. The highest BCUT2D eigenvalue weighted by Gasteiger charge is 2.14. The number of carbonyl (C=O) groups is 1. The Balaban J connectivity index is 2.30. The zero-order valence-electron chi connectivity index (χ0n) is 10.5. The fourth-order valence-electron chi connectivity index (χ4n) is 1.61. The third-order valence-corrected chi connectivity index (χ3v) is 2.70. The number of aromatic nitrogens is 1. The highest BCUT2D eigenvalue weighted by atomic mass is 19.1. The van der Waals surface area contributed by atoms with Crippen LogP contribution >= 0.6 is 0 Å². The molecule has 0 aliphatic carbocycles. The van der Waals surface area contributed by atoms with Gasteiger partial charge in [0.1, 0.15) is 0 Å². The molecule has 0 radical (unpaired) electrons. The first-order valence-electron chi connectivity index (χ1n) is 5.65. The number of pyridine rings is 1. The first-order valence-corrected chi connectivity index (χ1v) is 5.65. The van der Waals surface area contributed by atoms with Crippen LogP contribution in [0.25, 0.3) is 0 Å². The molecule has 0 saturated heterocycles. The van der Waals surface area contributed by atoms with Gasteiger partial charge in [0, 0.05) is 18.3 Å². The van der Waals surface area contributed by atoms with Crippen LogP contribution < -0.4 is 5.32 Å². The Kier molecular flexibility index (Phi) is 3.69. The van der Waals surface area contributed by atoms with Crippen LogP contribution in [0.3, 0.4) is 0 Å². The topological polar surface area (TPSA) is 85.1 Å². The molecule has 0 saturated carbocycles. The molecule has 0 bridgehead atoms. The van der Waals surface area contributed by atoms with Crippen LogP contribution in [-0.2, 0) is 0 Å². The van der Waals surface area contributed by atoms with E-state index in [0.717, 1.165) is 6.20 Å². The van der Waals surface area contributed by atoms with Gasteiger partial charge in [0.05, 0.1) is 22.4 Å². The number of hydrogen-bond donors (Lipinski definition) is 1. The zero-order valence-corrected chi connectivity index (χ0v) is 10.5. The summed E-state index contributed by atoms with van der Waals surface area (Å²) in [6.45, 7) is 1.68. The summed E-state index contributed by atoms with van der Waals surface area (Å²) in [5.74, 6) is -1.44. The predicted molar refractivity (Wildman–Crippen MR) is 70.0 cm³/mol. The minimum absolute atomic E-state index is 0.152. The second-order valence-corrected chi connectivity index (χ2v) is 4.07. The van der Waals surface area contributed by atoms with Gasteiger partial charge < -0.3 is 5.32 Å². The second-order valence-electron chi connectivity index (χ2n) is 4.07. The number of rotatable bonds is 3. The van der Waals surface area contributed by atoms with Crippen molar-refractivity contribution in [1.82, 2.24) is 4.98 Å². The van der Waals surface area contributed by atoms with Crippen LogP contribution in [0.4, 0.5) is 15.8 Å². The Morgan fingerprint density at radius 1 is 1.40 bits per heavy atom. The Morgan fingerprint density at radius 2 is 2.15 bits per heavy atom. The van der Waals surface area contributed by atoms with Crippen LogP contribution in [0.2, 0.25) is 0 Å². The molecule has 20 heavy (non-hydrogen) atoms. The van der Waals surface area contributed by atoms with Crippen molar-refractivity contribution in [2.24, 2.45) is 0 Å². The van der Waals surface area contributed by atoms with Crippen molar-refractivity contribution >= 4 is 17.3 Å². The van der Waals surface area contributed by atoms with Crippen LogP contribution in [0.5, 0.6) is 0 Å². The van der Waals surface area contributed by atoms with Crippen molar-refractivity contribution < 1.29 is 14.1 Å². The molecule has 1 aromatic carbocycles. The molecule has 1 N–H and O–H groups in total. The lowest BCUT2D eigenvalue weighted by Crippen LogP contribution is -2.14. The molecule has 0 atom stereocenters. The number of halogens is 1. The summed E-state index contributed by atoms with van der Waals surface area (Å²) < 4.78 is 13.4. The van der Waals surface area contributed by atoms with Crippen molar-refractivity contribution in [3.05, 3.63) is 63.7 Å². The minimum atomic E-state index is -0.756. The maximum atomic E-state index is 13.4. The molecule has 0 unspecified atom stereocenters. The second kappa shape index (κ2) is 5.43. The lowest BCUT2D eigenvalue weighted by molar-refractivity contribution is -0.384. The van der Waals surface area contributed by atoms with Gasteiger partial charge in [0.25, 0.3) is 11.6 Å². The molecule has 0 fully saturated rings. The molecule has 1 heterocycles. The number of non-ortho nitro benzene ring substituents is 1. The lowest BCUT2D eigenvalue weighted by Gasteiger charge is -2.08. The van der Waals surface area contributed by atoms with Gasteiger partial charge in [-0.2, -0.15) is 0 Å². The maximum absolute atomic E-state index is 13.4. The first-order chi connectivity index (χ1) is 9.49. The monoisotopic (exact) mass is 275 g/mol. The third-order valence-electron chi connectivity index (χ3n) is 2.70. The molecule has 2 rings (SSSR count). The number of nitro benzene ring substituents is 1. The average Bonchev–Trinajstić information content (AvgIpc) is 2.41. The minimum Gasteiger partial charge on any atom is -0.321 e. The van der Waals surface area contributed by atoms with Gasteiger partial charge in [-0.3, -0.25) is 19.9 Å². The number of anilines is 1. The van der Waals surface area contributed by atoms with Crippen LogP contribution in [-0.4, -0.2) is 15.8 Å². The summed E-state index contributed by atoms with van der Waals surface area (Å²) in [4.78, 5) is 25.6. The first kappa shape index (κ1) is 13.6. The van der Waals surface area contributed by atoms with Crippen LogP contribution in [0.1, 0.15) is 15.9 Å². The Bertz CT molecular complexity index is 688. The molecular formula is C13H10FN3O3. The predicted octanol–water partition coefficient (Wildman–Crippen LogP) is 2.69. The maximum Gasteiger partial charge on any atom is 0.271 e. The number of benzene rings is 1. The molecule has 7 heteroatoms. The fraction of sp³-hybridized carbons (Fsp3) is 0.0769. The largest absolute Gasteiger partial charge is 0.321 e. The molecule has 102 valence electrons. The smallest absolute Gasteiger partial charge is 0.271 e. The fourth-order valence-corrected chi connectivity index (χ4v) is 1.61. The highest BCUT2D eigenvalue weighted by Crippen LogP contribution is 2.22. The quantitative estimate of drug-likeness (QED) is 0.689. The standard InChI is InChI=1S/C13H10FN3O3/c1-8-2-3-9(17(19)20)6-12(8)16-13(18)10-4-5-15-7-11(10)14/h2-7H,1H3,(H,16,18). The summed E-state index contributed by atoms with van der Waals surface area (Å²) in [6.07, 6.45) is 2.22.